The number of para-hydroxylation sites is 1. The van der Waals surface area contributed by atoms with Crippen LogP contribution in [0.25, 0.3) is 0 Å². The average Bonchev–Trinajstić information content (AvgIpc) is 2.78. The van der Waals surface area contributed by atoms with Crippen LogP contribution in [-0.2, 0) is 0 Å². The van der Waals surface area contributed by atoms with Crippen molar-refractivity contribution in [3.63, 3.8) is 0 Å². The van der Waals surface area contributed by atoms with Gasteiger partial charge in [-0.2, -0.15) is 0 Å². The van der Waals surface area contributed by atoms with E-state index in [2.05, 4.69) is 10.3 Å². The summed E-state index contributed by atoms with van der Waals surface area (Å²) in [7, 11) is 0. The van der Waals surface area contributed by atoms with E-state index in [1.165, 1.54) is 12.1 Å². The molecule has 6 nitrogen and oxygen atoms in total. The largest absolute Gasteiger partial charge is 0.507 e. The van der Waals surface area contributed by atoms with E-state index < -0.39 is 11.9 Å². The van der Waals surface area contributed by atoms with Crippen LogP contribution in [0.3, 0.4) is 0 Å². The molecule has 0 bridgehead atoms. The predicted octanol–water partition coefficient (Wildman–Crippen LogP) is 1.80. The van der Waals surface area contributed by atoms with Crippen molar-refractivity contribution in [1.29, 1.82) is 0 Å². The number of thiazole rings is 1. The van der Waals surface area contributed by atoms with Crippen LogP contribution >= 0.6 is 11.3 Å². The zero-order valence-corrected chi connectivity index (χ0v) is 9.77. The van der Waals surface area contributed by atoms with Gasteiger partial charge in [-0.25, -0.2) is 9.78 Å². The highest BCUT2D eigenvalue weighted by Crippen LogP contribution is 2.21. The summed E-state index contributed by atoms with van der Waals surface area (Å²) in [6, 6.07) is 6.05. The number of phenols is 1. The number of nitrogens with zero attached hydrogens (tertiary/aromatic N) is 1. The summed E-state index contributed by atoms with van der Waals surface area (Å²) in [5.41, 5.74) is 0.101. The molecule has 92 valence electrons. The molecule has 2 aromatic rings. The number of anilines is 1. The number of rotatable bonds is 3. The van der Waals surface area contributed by atoms with Gasteiger partial charge in [-0.15, -0.1) is 0 Å². The van der Waals surface area contributed by atoms with E-state index in [0.29, 0.717) is 0 Å². The summed E-state index contributed by atoms with van der Waals surface area (Å²) in [6.45, 7) is 0. The van der Waals surface area contributed by atoms with E-state index in [1.54, 1.807) is 12.1 Å². The average molecular weight is 264 g/mol. The number of amides is 1. The van der Waals surface area contributed by atoms with Crippen LogP contribution < -0.4 is 5.32 Å². The minimum Gasteiger partial charge on any atom is -0.507 e. The van der Waals surface area contributed by atoms with Crippen molar-refractivity contribution in [2.45, 2.75) is 0 Å². The van der Waals surface area contributed by atoms with Crippen molar-refractivity contribution in [1.82, 2.24) is 4.98 Å². The highest BCUT2D eigenvalue weighted by atomic mass is 32.1. The number of hydrogen-bond acceptors (Lipinski definition) is 5. The second-order valence-corrected chi connectivity index (χ2v) is 4.34. The van der Waals surface area contributed by atoms with Gasteiger partial charge < -0.3 is 10.2 Å². The minimum absolute atomic E-state index is 0.0302. The van der Waals surface area contributed by atoms with Crippen molar-refractivity contribution >= 4 is 28.3 Å². The molecule has 0 saturated heterocycles. The number of carboxylic acids is 1. The van der Waals surface area contributed by atoms with Gasteiger partial charge in [-0.3, -0.25) is 10.1 Å². The number of aromatic nitrogens is 1. The van der Waals surface area contributed by atoms with Crippen molar-refractivity contribution in [3.05, 3.63) is 40.9 Å². The monoisotopic (exact) mass is 264 g/mol. The first-order valence-corrected chi connectivity index (χ1v) is 5.68. The highest BCUT2D eigenvalue weighted by Gasteiger charge is 2.14. The van der Waals surface area contributed by atoms with Gasteiger partial charge >= 0.3 is 5.97 Å². The van der Waals surface area contributed by atoms with Crippen LogP contribution in [0.5, 0.6) is 5.75 Å². The molecule has 0 aliphatic carbocycles. The summed E-state index contributed by atoms with van der Waals surface area (Å²) in [6.07, 6.45) is 1.16. The summed E-state index contributed by atoms with van der Waals surface area (Å²) in [4.78, 5) is 26.2. The number of benzene rings is 1. The Morgan fingerprint density at radius 2 is 2.00 bits per heavy atom. The zero-order valence-electron chi connectivity index (χ0n) is 8.95. The summed E-state index contributed by atoms with van der Waals surface area (Å²) < 4.78 is 0. The van der Waals surface area contributed by atoms with E-state index in [9.17, 15) is 14.7 Å². The third-order valence-electron chi connectivity index (χ3n) is 2.09. The van der Waals surface area contributed by atoms with Crippen molar-refractivity contribution in [2.24, 2.45) is 0 Å². The smallest absolute Gasteiger partial charge is 0.347 e. The number of carboxylic acid groups (broad SMARTS) is 1. The molecule has 0 saturated carbocycles. The Hall–Kier alpha value is -2.41. The minimum atomic E-state index is -1.10. The molecule has 0 atom stereocenters. The van der Waals surface area contributed by atoms with Crippen molar-refractivity contribution in [3.8, 4) is 5.75 Å². The van der Waals surface area contributed by atoms with Crippen LogP contribution in [0.1, 0.15) is 20.0 Å². The Labute approximate surface area is 106 Å². The van der Waals surface area contributed by atoms with E-state index in [1.807, 2.05) is 0 Å². The Kier molecular flexibility index (Phi) is 3.24. The van der Waals surface area contributed by atoms with Crippen LogP contribution in [0.15, 0.2) is 30.5 Å². The topological polar surface area (TPSA) is 99.5 Å². The molecule has 7 heteroatoms. The van der Waals surface area contributed by atoms with Gasteiger partial charge in [0.1, 0.15) is 10.6 Å². The summed E-state index contributed by atoms with van der Waals surface area (Å²) in [5.74, 6) is -1.79. The molecule has 1 amide bonds. The lowest BCUT2D eigenvalue weighted by Gasteiger charge is -2.03. The number of aromatic hydroxyl groups is 1. The standard InChI is InChI=1S/C11H8N2O4S/c14-7-4-2-1-3-6(7)9(15)13-11-12-5-8(18-11)10(16)17/h1-5,14H,(H,16,17)(H,12,13,15). The maximum atomic E-state index is 11.8. The molecule has 2 rings (SSSR count). The maximum Gasteiger partial charge on any atom is 0.347 e. The Bertz CT molecular complexity index is 609. The van der Waals surface area contributed by atoms with E-state index in [4.69, 9.17) is 5.11 Å². The molecule has 18 heavy (non-hydrogen) atoms. The van der Waals surface area contributed by atoms with Crippen LogP contribution in [0.4, 0.5) is 5.13 Å². The molecule has 0 radical (unpaired) electrons. The van der Waals surface area contributed by atoms with Crippen LogP contribution in [0.2, 0.25) is 0 Å². The van der Waals surface area contributed by atoms with Crippen LogP contribution in [0, 0.1) is 0 Å². The number of carbonyl (C=O) groups excluding carboxylic acids is 1. The lowest BCUT2D eigenvalue weighted by Crippen LogP contribution is -2.11. The lowest BCUT2D eigenvalue weighted by atomic mass is 10.2. The fourth-order valence-corrected chi connectivity index (χ4v) is 1.91. The molecule has 0 unspecified atom stereocenters. The second-order valence-electron chi connectivity index (χ2n) is 3.31. The molecular formula is C11H8N2O4S. The third-order valence-corrected chi connectivity index (χ3v) is 2.99. The lowest BCUT2D eigenvalue weighted by molar-refractivity contribution is 0.0701. The first-order valence-electron chi connectivity index (χ1n) is 4.86. The maximum absolute atomic E-state index is 11.8. The van der Waals surface area contributed by atoms with E-state index in [0.717, 1.165) is 17.5 Å². The first kappa shape index (κ1) is 12.1. The quantitative estimate of drug-likeness (QED) is 0.785. The Morgan fingerprint density at radius 3 is 2.61 bits per heavy atom. The van der Waals surface area contributed by atoms with Crippen molar-refractivity contribution < 1.29 is 19.8 Å². The normalized spacial score (nSPS) is 10.0. The zero-order chi connectivity index (χ0) is 13.1. The van der Waals surface area contributed by atoms with Crippen molar-refractivity contribution in [2.75, 3.05) is 5.32 Å². The summed E-state index contributed by atoms with van der Waals surface area (Å²) >= 11 is 0.846. The highest BCUT2D eigenvalue weighted by molar-refractivity contribution is 7.17. The number of phenolic OH excluding ortho intramolecular Hbond substituents is 1. The van der Waals surface area contributed by atoms with Crippen LogP contribution in [-0.4, -0.2) is 27.1 Å². The molecular weight excluding hydrogens is 256 g/mol. The van der Waals surface area contributed by atoms with Gasteiger partial charge in [0.2, 0.25) is 0 Å². The molecule has 0 aliphatic heterocycles. The molecule has 0 fully saturated rings. The number of hydrogen-bond donors (Lipinski definition) is 3. The molecule has 0 aliphatic rings. The second kappa shape index (κ2) is 4.84. The molecule has 1 aromatic carbocycles. The van der Waals surface area contributed by atoms with Gasteiger partial charge in [0.25, 0.3) is 5.91 Å². The Morgan fingerprint density at radius 1 is 1.28 bits per heavy atom. The Balaban J connectivity index is 2.16. The first-order chi connectivity index (χ1) is 8.58. The predicted molar refractivity (Wildman–Crippen MR) is 65.1 cm³/mol. The molecule has 3 N–H and O–H groups in total. The molecule has 0 spiro atoms. The van der Waals surface area contributed by atoms with Gasteiger partial charge in [0.15, 0.2) is 5.13 Å². The van der Waals surface area contributed by atoms with Gasteiger partial charge in [-0.05, 0) is 12.1 Å². The molecule has 1 aromatic heterocycles. The SMILES string of the molecule is O=C(O)c1cnc(NC(=O)c2ccccc2O)s1. The van der Waals surface area contributed by atoms with E-state index >= 15 is 0 Å². The third kappa shape index (κ3) is 2.46. The molecule has 1 heterocycles. The number of carbonyl (C=O) groups is 2. The van der Waals surface area contributed by atoms with Gasteiger partial charge in [0, 0.05) is 0 Å². The summed E-state index contributed by atoms with van der Waals surface area (Å²) in [5, 5.41) is 20.8. The fourth-order valence-electron chi connectivity index (χ4n) is 1.26. The fraction of sp³-hybridized carbons (Fsp3) is 0. The van der Waals surface area contributed by atoms with Gasteiger partial charge in [0.05, 0.1) is 11.8 Å². The van der Waals surface area contributed by atoms with Gasteiger partial charge in [-0.1, -0.05) is 23.5 Å². The number of aromatic carboxylic acids is 1. The number of nitrogens with one attached hydrogen (secondary N) is 1. The van der Waals surface area contributed by atoms with E-state index in [-0.39, 0.29) is 21.3 Å².